The molecule has 0 aliphatic carbocycles. The minimum Gasteiger partial charge on any atom is -0.361 e. The van der Waals surface area contributed by atoms with Gasteiger partial charge >= 0.3 is 0 Å². The second-order valence-electron chi connectivity index (χ2n) is 6.62. The van der Waals surface area contributed by atoms with Crippen LogP contribution in [0, 0.1) is 20.8 Å². The molecule has 2 aromatic rings. The number of benzene rings is 1. The molecule has 5 nitrogen and oxygen atoms in total. The molecule has 1 aromatic carbocycles. The van der Waals surface area contributed by atoms with Gasteiger partial charge in [0.05, 0.1) is 12.1 Å². The van der Waals surface area contributed by atoms with E-state index in [0.29, 0.717) is 6.42 Å². The minimum absolute atomic E-state index is 0.166. The highest BCUT2D eigenvalue weighted by molar-refractivity contribution is 5.79. The molecule has 1 amide bonds. The van der Waals surface area contributed by atoms with Crippen molar-refractivity contribution in [3.63, 3.8) is 0 Å². The molecule has 1 saturated heterocycles. The van der Waals surface area contributed by atoms with E-state index in [4.69, 9.17) is 4.52 Å². The highest BCUT2D eigenvalue weighted by atomic mass is 16.5. The molecule has 1 aliphatic rings. The molecule has 2 heterocycles. The summed E-state index contributed by atoms with van der Waals surface area (Å²) in [6, 6.07) is 8.67. The first-order chi connectivity index (χ1) is 11.5. The maximum absolute atomic E-state index is 12.5. The van der Waals surface area contributed by atoms with E-state index in [0.717, 1.165) is 49.7 Å². The third-order valence-corrected chi connectivity index (χ3v) is 4.76. The first-order valence-corrected chi connectivity index (χ1v) is 8.50. The molecule has 24 heavy (non-hydrogen) atoms. The predicted molar refractivity (Wildman–Crippen MR) is 92.7 cm³/mol. The summed E-state index contributed by atoms with van der Waals surface area (Å²) in [5.41, 5.74) is 4.37. The highest BCUT2D eigenvalue weighted by Gasteiger charge is 2.23. The van der Waals surface area contributed by atoms with Crippen LogP contribution in [-0.2, 0) is 17.8 Å². The van der Waals surface area contributed by atoms with Gasteiger partial charge in [-0.05, 0) is 26.3 Å². The van der Waals surface area contributed by atoms with E-state index < -0.39 is 0 Å². The Labute approximate surface area is 143 Å². The van der Waals surface area contributed by atoms with Crippen molar-refractivity contribution in [2.24, 2.45) is 0 Å². The number of hydrogen-bond donors (Lipinski definition) is 0. The van der Waals surface area contributed by atoms with Gasteiger partial charge in [0.1, 0.15) is 5.76 Å². The molecule has 3 rings (SSSR count). The van der Waals surface area contributed by atoms with Gasteiger partial charge in [-0.2, -0.15) is 0 Å². The Morgan fingerprint density at radius 2 is 1.75 bits per heavy atom. The van der Waals surface area contributed by atoms with Crippen molar-refractivity contribution < 1.29 is 9.32 Å². The standard InChI is InChI=1S/C19H25N3O2/c1-14-4-6-17(7-5-14)13-21-8-10-22(11-9-21)19(23)12-18-15(2)20-24-16(18)3/h4-7H,8-13H2,1-3H3. The van der Waals surface area contributed by atoms with Gasteiger partial charge in [0.15, 0.2) is 0 Å². The average Bonchev–Trinajstić information content (AvgIpc) is 2.89. The van der Waals surface area contributed by atoms with Crippen molar-refractivity contribution in [2.75, 3.05) is 26.2 Å². The number of hydrogen-bond acceptors (Lipinski definition) is 4. The van der Waals surface area contributed by atoms with E-state index in [1.165, 1.54) is 11.1 Å². The van der Waals surface area contributed by atoms with Gasteiger partial charge in [-0.3, -0.25) is 9.69 Å². The Balaban J connectivity index is 1.51. The van der Waals surface area contributed by atoms with Gasteiger partial charge in [-0.15, -0.1) is 0 Å². The zero-order valence-corrected chi connectivity index (χ0v) is 14.7. The molecule has 5 heteroatoms. The predicted octanol–water partition coefficient (Wildman–Crippen LogP) is 2.49. The zero-order chi connectivity index (χ0) is 17.1. The number of rotatable bonds is 4. The van der Waals surface area contributed by atoms with Crippen molar-refractivity contribution in [2.45, 2.75) is 33.7 Å². The fourth-order valence-electron chi connectivity index (χ4n) is 3.12. The van der Waals surface area contributed by atoms with Crippen LogP contribution in [0.25, 0.3) is 0 Å². The van der Waals surface area contributed by atoms with Gasteiger partial charge in [-0.1, -0.05) is 35.0 Å². The molecule has 1 fully saturated rings. The maximum atomic E-state index is 12.5. The van der Waals surface area contributed by atoms with Crippen LogP contribution in [0.3, 0.4) is 0 Å². The number of carbonyl (C=O) groups excluding carboxylic acids is 1. The van der Waals surface area contributed by atoms with Crippen LogP contribution in [-0.4, -0.2) is 47.0 Å². The van der Waals surface area contributed by atoms with E-state index in [-0.39, 0.29) is 5.91 Å². The monoisotopic (exact) mass is 327 g/mol. The Bertz CT molecular complexity index is 678. The second-order valence-corrected chi connectivity index (χ2v) is 6.62. The fourth-order valence-corrected chi connectivity index (χ4v) is 3.12. The number of aromatic nitrogens is 1. The number of amides is 1. The third kappa shape index (κ3) is 3.85. The number of nitrogens with zero attached hydrogens (tertiary/aromatic N) is 3. The molecule has 0 atom stereocenters. The van der Waals surface area contributed by atoms with E-state index >= 15 is 0 Å². The Morgan fingerprint density at radius 1 is 1.08 bits per heavy atom. The van der Waals surface area contributed by atoms with Crippen LogP contribution < -0.4 is 0 Å². The SMILES string of the molecule is Cc1ccc(CN2CCN(C(=O)Cc3c(C)noc3C)CC2)cc1. The lowest BCUT2D eigenvalue weighted by molar-refractivity contribution is -0.132. The summed E-state index contributed by atoms with van der Waals surface area (Å²) in [6.07, 6.45) is 0.388. The van der Waals surface area contributed by atoms with Crippen LogP contribution in [0.5, 0.6) is 0 Å². The van der Waals surface area contributed by atoms with E-state index in [9.17, 15) is 4.79 Å². The largest absolute Gasteiger partial charge is 0.361 e. The summed E-state index contributed by atoms with van der Waals surface area (Å²) in [7, 11) is 0. The lowest BCUT2D eigenvalue weighted by Crippen LogP contribution is -2.48. The van der Waals surface area contributed by atoms with Gasteiger partial charge in [0.2, 0.25) is 5.91 Å². The zero-order valence-electron chi connectivity index (χ0n) is 14.7. The van der Waals surface area contributed by atoms with Crippen molar-refractivity contribution in [1.82, 2.24) is 15.0 Å². The van der Waals surface area contributed by atoms with Crippen LogP contribution in [0.1, 0.15) is 28.1 Å². The summed E-state index contributed by atoms with van der Waals surface area (Å²) in [5, 5.41) is 3.93. The first kappa shape index (κ1) is 16.7. The Morgan fingerprint density at radius 3 is 2.33 bits per heavy atom. The smallest absolute Gasteiger partial charge is 0.227 e. The molecule has 0 saturated carbocycles. The summed E-state index contributed by atoms with van der Waals surface area (Å²) in [5.74, 6) is 0.915. The molecule has 0 unspecified atom stereocenters. The lowest BCUT2D eigenvalue weighted by Gasteiger charge is -2.34. The summed E-state index contributed by atoms with van der Waals surface area (Å²) in [6.45, 7) is 10.2. The maximum Gasteiger partial charge on any atom is 0.227 e. The highest BCUT2D eigenvalue weighted by Crippen LogP contribution is 2.15. The van der Waals surface area contributed by atoms with Crippen molar-refractivity contribution >= 4 is 5.91 Å². The van der Waals surface area contributed by atoms with Gasteiger partial charge in [0, 0.05) is 38.3 Å². The molecule has 0 radical (unpaired) electrons. The Hall–Kier alpha value is -2.14. The van der Waals surface area contributed by atoms with Crippen LogP contribution in [0.2, 0.25) is 0 Å². The average molecular weight is 327 g/mol. The molecular weight excluding hydrogens is 302 g/mol. The van der Waals surface area contributed by atoms with Crippen LogP contribution in [0.15, 0.2) is 28.8 Å². The van der Waals surface area contributed by atoms with Gasteiger partial charge in [0.25, 0.3) is 0 Å². The van der Waals surface area contributed by atoms with E-state index in [1.54, 1.807) is 0 Å². The Kier molecular flexibility index (Phi) is 5.00. The van der Waals surface area contributed by atoms with Gasteiger partial charge in [-0.25, -0.2) is 0 Å². The summed E-state index contributed by atoms with van der Waals surface area (Å²) < 4.78 is 5.15. The molecular formula is C19H25N3O2. The van der Waals surface area contributed by atoms with Crippen molar-refractivity contribution in [1.29, 1.82) is 0 Å². The van der Waals surface area contributed by atoms with Crippen molar-refractivity contribution in [3.8, 4) is 0 Å². The van der Waals surface area contributed by atoms with Crippen molar-refractivity contribution in [3.05, 3.63) is 52.4 Å². The molecule has 0 N–H and O–H groups in total. The van der Waals surface area contributed by atoms with Crippen LogP contribution in [0.4, 0.5) is 0 Å². The molecule has 1 aromatic heterocycles. The van der Waals surface area contributed by atoms with Gasteiger partial charge < -0.3 is 9.42 Å². The minimum atomic E-state index is 0.166. The quantitative estimate of drug-likeness (QED) is 0.866. The van der Waals surface area contributed by atoms with E-state index in [2.05, 4.69) is 41.2 Å². The molecule has 1 aliphatic heterocycles. The molecule has 0 bridgehead atoms. The first-order valence-electron chi connectivity index (χ1n) is 8.50. The molecule has 0 spiro atoms. The summed E-state index contributed by atoms with van der Waals surface area (Å²) in [4.78, 5) is 16.9. The summed E-state index contributed by atoms with van der Waals surface area (Å²) >= 11 is 0. The number of piperazine rings is 1. The number of aryl methyl sites for hydroxylation is 3. The topological polar surface area (TPSA) is 49.6 Å². The van der Waals surface area contributed by atoms with E-state index in [1.807, 2.05) is 18.7 Å². The normalized spacial score (nSPS) is 15.7. The second kappa shape index (κ2) is 7.18. The third-order valence-electron chi connectivity index (χ3n) is 4.76. The lowest BCUT2D eigenvalue weighted by atomic mass is 10.1. The van der Waals surface area contributed by atoms with Crippen LogP contribution >= 0.6 is 0 Å². The molecule has 128 valence electrons. The number of carbonyl (C=O) groups is 1. The fraction of sp³-hybridized carbons (Fsp3) is 0.474.